The van der Waals surface area contributed by atoms with Crippen LogP contribution in [0.4, 0.5) is 11.5 Å². The number of pyridine rings is 1. The van der Waals surface area contributed by atoms with Gasteiger partial charge in [-0.25, -0.2) is 4.98 Å². The van der Waals surface area contributed by atoms with Gasteiger partial charge in [-0.3, -0.25) is 9.69 Å². The largest absolute Gasteiger partial charge is 0.495 e. The molecule has 2 heterocycles. The number of ether oxygens (including phenoxy) is 1. The SMILES string of the molecule is CCc1cccc(C)c1NC(=O)CN1CCN(c2ccc(OC)cn2)CC1. The maximum absolute atomic E-state index is 12.5. The monoisotopic (exact) mass is 368 g/mol. The summed E-state index contributed by atoms with van der Waals surface area (Å²) in [7, 11) is 1.64. The molecule has 27 heavy (non-hydrogen) atoms. The molecule has 6 heteroatoms. The molecule has 1 fully saturated rings. The predicted molar refractivity (Wildman–Crippen MR) is 109 cm³/mol. The highest BCUT2D eigenvalue weighted by atomic mass is 16.5. The highest BCUT2D eigenvalue weighted by Crippen LogP contribution is 2.21. The van der Waals surface area contributed by atoms with Crippen molar-refractivity contribution in [3.8, 4) is 5.75 Å². The van der Waals surface area contributed by atoms with E-state index in [0.717, 1.165) is 55.4 Å². The average molecular weight is 368 g/mol. The first-order valence-corrected chi connectivity index (χ1v) is 9.46. The van der Waals surface area contributed by atoms with Crippen LogP contribution in [0, 0.1) is 6.92 Å². The van der Waals surface area contributed by atoms with E-state index < -0.39 is 0 Å². The number of anilines is 2. The molecule has 0 saturated carbocycles. The topological polar surface area (TPSA) is 57.7 Å². The summed E-state index contributed by atoms with van der Waals surface area (Å²) in [6.07, 6.45) is 2.65. The van der Waals surface area contributed by atoms with Crippen LogP contribution in [-0.2, 0) is 11.2 Å². The van der Waals surface area contributed by atoms with E-state index in [9.17, 15) is 4.79 Å². The zero-order chi connectivity index (χ0) is 19.2. The average Bonchev–Trinajstić information content (AvgIpc) is 2.70. The molecule has 3 rings (SSSR count). The van der Waals surface area contributed by atoms with Crippen LogP contribution in [0.2, 0.25) is 0 Å². The lowest BCUT2D eigenvalue weighted by Crippen LogP contribution is -2.49. The maximum Gasteiger partial charge on any atom is 0.238 e. The van der Waals surface area contributed by atoms with Crippen molar-refractivity contribution in [1.29, 1.82) is 0 Å². The molecule has 1 aliphatic rings. The molecule has 0 spiro atoms. The highest BCUT2D eigenvalue weighted by molar-refractivity contribution is 5.93. The van der Waals surface area contributed by atoms with E-state index in [1.54, 1.807) is 13.3 Å². The number of hydrogen-bond acceptors (Lipinski definition) is 5. The number of piperazine rings is 1. The number of amides is 1. The smallest absolute Gasteiger partial charge is 0.238 e. The van der Waals surface area contributed by atoms with Crippen LogP contribution in [-0.4, -0.2) is 55.6 Å². The number of aryl methyl sites for hydroxylation is 2. The lowest BCUT2D eigenvalue weighted by Gasteiger charge is -2.35. The molecule has 1 N–H and O–H groups in total. The number of nitrogens with one attached hydrogen (secondary N) is 1. The van der Waals surface area contributed by atoms with Gasteiger partial charge in [0.15, 0.2) is 0 Å². The molecule has 0 radical (unpaired) electrons. The molecule has 1 aromatic heterocycles. The van der Waals surface area contributed by atoms with E-state index in [0.29, 0.717) is 6.54 Å². The van der Waals surface area contributed by atoms with Crippen LogP contribution in [0.15, 0.2) is 36.5 Å². The van der Waals surface area contributed by atoms with Crippen LogP contribution in [0.5, 0.6) is 5.75 Å². The molecule has 0 aliphatic carbocycles. The number of aromatic nitrogens is 1. The van der Waals surface area contributed by atoms with E-state index in [1.165, 1.54) is 5.56 Å². The van der Waals surface area contributed by atoms with Crippen LogP contribution in [0.1, 0.15) is 18.1 Å². The first-order valence-electron chi connectivity index (χ1n) is 9.46. The Morgan fingerprint density at radius 1 is 1.19 bits per heavy atom. The van der Waals surface area contributed by atoms with Crippen molar-refractivity contribution in [3.05, 3.63) is 47.7 Å². The second-order valence-corrected chi connectivity index (χ2v) is 6.83. The van der Waals surface area contributed by atoms with E-state index in [4.69, 9.17) is 4.74 Å². The zero-order valence-corrected chi connectivity index (χ0v) is 16.4. The van der Waals surface area contributed by atoms with Crippen LogP contribution in [0.3, 0.4) is 0 Å². The second-order valence-electron chi connectivity index (χ2n) is 6.83. The number of rotatable bonds is 6. The van der Waals surface area contributed by atoms with Gasteiger partial charge in [0.05, 0.1) is 19.9 Å². The third-order valence-corrected chi connectivity index (χ3v) is 5.02. The molecule has 6 nitrogen and oxygen atoms in total. The Bertz CT molecular complexity index is 768. The minimum absolute atomic E-state index is 0.0509. The Morgan fingerprint density at radius 2 is 1.96 bits per heavy atom. The van der Waals surface area contributed by atoms with Crippen molar-refractivity contribution in [2.75, 3.05) is 50.1 Å². The maximum atomic E-state index is 12.5. The van der Waals surface area contributed by atoms with Crippen molar-refractivity contribution >= 4 is 17.4 Å². The van der Waals surface area contributed by atoms with Gasteiger partial charge in [0, 0.05) is 31.9 Å². The molecular weight excluding hydrogens is 340 g/mol. The summed E-state index contributed by atoms with van der Waals surface area (Å²) in [5.74, 6) is 1.76. The molecule has 0 unspecified atom stereocenters. The summed E-state index contributed by atoms with van der Waals surface area (Å²) >= 11 is 0. The van der Waals surface area contributed by atoms with E-state index in [2.05, 4.69) is 33.1 Å². The standard InChI is InChI=1S/C21H28N4O2/c1-4-17-7-5-6-16(2)21(17)23-20(26)15-24-10-12-25(13-11-24)19-9-8-18(27-3)14-22-19/h5-9,14H,4,10-13,15H2,1-3H3,(H,23,26). The number of para-hydroxylation sites is 1. The Morgan fingerprint density at radius 3 is 2.59 bits per heavy atom. The fourth-order valence-corrected chi connectivity index (χ4v) is 3.40. The minimum Gasteiger partial charge on any atom is -0.495 e. The van der Waals surface area contributed by atoms with E-state index >= 15 is 0 Å². The summed E-state index contributed by atoms with van der Waals surface area (Å²) in [4.78, 5) is 21.4. The van der Waals surface area contributed by atoms with Crippen LogP contribution >= 0.6 is 0 Å². The number of benzene rings is 1. The lowest BCUT2D eigenvalue weighted by molar-refractivity contribution is -0.117. The first kappa shape index (κ1) is 19.2. The summed E-state index contributed by atoms with van der Waals surface area (Å²) in [6, 6.07) is 10.1. The summed E-state index contributed by atoms with van der Waals surface area (Å²) < 4.78 is 5.16. The second kappa shape index (κ2) is 8.86. The number of hydrogen-bond donors (Lipinski definition) is 1. The molecule has 2 aromatic rings. The number of carbonyl (C=O) groups is 1. The van der Waals surface area contributed by atoms with Crippen molar-refractivity contribution in [1.82, 2.24) is 9.88 Å². The van der Waals surface area contributed by atoms with Crippen molar-refractivity contribution < 1.29 is 9.53 Å². The van der Waals surface area contributed by atoms with Gasteiger partial charge < -0.3 is 15.0 Å². The Labute approximate surface area is 161 Å². The fourth-order valence-electron chi connectivity index (χ4n) is 3.40. The number of methoxy groups -OCH3 is 1. The molecular formula is C21H28N4O2. The zero-order valence-electron chi connectivity index (χ0n) is 16.4. The first-order chi connectivity index (χ1) is 13.1. The lowest BCUT2D eigenvalue weighted by atomic mass is 10.1. The number of nitrogens with zero attached hydrogens (tertiary/aromatic N) is 3. The Hall–Kier alpha value is -2.60. The quantitative estimate of drug-likeness (QED) is 0.850. The number of carbonyl (C=O) groups excluding carboxylic acids is 1. The Kier molecular flexibility index (Phi) is 6.29. The van der Waals surface area contributed by atoms with Gasteiger partial charge in [0.25, 0.3) is 0 Å². The van der Waals surface area contributed by atoms with E-state index in [1.807, 2.05) is 31.2 Å². The molecule has 1 amide bonds. The molecule has 1 aliphatic heterocycles. The van der Waals surface area contributed by atoms with Gasteiger partial charge in [-0.2, -0.15) is 0 Å². The van der Waals surface area contributed by atoms with Crippen molar-refractivity contribution in [3.63, 3.8) is 0 Å². The van der Waals surface area contributed by atoms with Gasteiger partial charge in [0.1, 0.15) is 11.6 Å². The molecule has 1 saturated heterocycles. The fraction of sp³-hybridized carbons (Fsp3) is 0.429. The summed E-state index contributed by atoms with van der Waals surface area (Å²) in [5.41, 5.74) is 3.25. The third-order valence-electron chi connectivity index (χ3n) is 5.02. The van der Waals surface area contributed by atoms with E-state index in [-0.39, 0.29) is 5.91 Å². The molecule has 144 valence electrons. The van der Waals surface area contributed by atoms with Crippen LogP contribution in [0.25, 0.3) is 0 Å². The van der Waals surface area contributed by atoms with Crippen molar-refractivity contribution in [2.24, 2.45) is 0 Å². The Balaban J connectivity index is 1.52. The molecule has 1 aromatic carbocycles. The van der Waals surface area contributed by atoms with Crippen molar-refractivity contribution in [2.45, 2.75) is 20.3 Å². The minimum atomic E-state index is 0.0509. The van der Waals surface area contributed by atoms with Gasteiger partial charge in [-0.15, -0.1) is 0 Å². The molecule has 0 bridgehead atoms. The highest BCUT2D eigenvalue weighted by Gasteiger charge is 2.20. The third kappa shape index (κ3) is 4.77. The summed E-state index contributed by atoms with van der Waals surface area (Å²) in [5, 5.41) is 3.11. The molecule has 0 atom stereocenters. The van der Waals surface area contributed by atoms with Gasteiger partial charge in [-0.05, 0) is 36.6 Å². The van der Waals surface area contributed by atoms with Crippen LogP contribution < -0.4 is 15.0 Å². The normalized spacial score (nSPS) is 14.9. The van der Waals surface area contributed by atoms with Gasteiger partial charge in [0.2, 0.25) is 5.91 Å². The van der Waals surface area contributed by atoms with Gasteiger partial charge >= 0.3 is 0 Å². The van der Waals surface area contributed by atoms with Gasteiger partial charge in [-0.1, -0.05) is 25.1 Å². The summed E-state index contributed by atoms with van der Waals surface area (Å²) in [6.45, 7) is 7.97. The predicted octanol–water partition coefficient (Wildman–Crippen LogP) is 2.72.